The van der Waals surface area contributed by atoms with Crippen molar-refractivity contribution in [2.75, 3.05) is 78.1 Å². The molecule has 0 aromatic heterocycles. The Bertz CT molecular complexity index is 2990. The molecule has 6 fully saturated rings. The van der Waals surface area contributed by atoms with Crippen molar-refractivity contribution in [3.8, 4) is 11.5 Å². The number of hydrogen-bond acceptors (Lipinski definition) is 24. The molecule has 5 heterocycles. The van der Waals surface area contributed by atoms with Crippen LogP contribution >= 0.6 is 11.8 Å². The van der Waals surface area contributed by atoms with E-state index in [2.05, 4.69) is 61.1 Å². The fraction of sp³-hybridized carbons (Fsp3) is 0.731. The molecule has 2 saturated carbocycles. The first-order chi connectivity index (χ1) is 46.5. The van der Waals surface area contributed by atoms with E-state index < -0.39 is 159 Å². The van der Waals surface area contributed by atoms with Gasteiger partial charge >= 0.3 is 0 Å². The maximum Gasteiger partial charge on any atom is 0.248 e. The van der Waals surface area contributed by atoms with Crippen LogP contribution in [0.2, 0.25) is 0 Å². The number of anilines is 1. The molecule has 540 valence electrons. The van der Waals surface area contributed by atoms with Gasteiger partial charge in [-0.2, -0.15) is 10.2 Å². The van der Waals surface area contributed by atoms with Crippen LogP contribution in [0.25, 0.3) is 0 Å². The number of carbonyl (C=O) groups excluding carboxylic acids is 6. The van der Waals surface area contributed by atoms with Gasteiger partial charge in [-0.25, -0.2) is 0 Å². The number of phenolic OH excluding ortho intramolecular Hbond substituents is 1. The second-order valence-corrected chi connectivity index (χ2v) is 28.9. The standard InChI is InChI=1S/C67H103N11O18S/c1-36-32-78-55(56(36)86)62(92)70-31-45(82)29-47(69-24-20-38-10-12-39(13-11-38)63-74-75-64(97-63)40-14-17-44(18-15-40)76-26-22-67(96-4,23-27-76)42-8-6-5-7-9-42)59(89)71-52(37(2)81)65(93)77-33-46(83)30-48(77)60(90)73-54(58(88)57(87)41-16-19-49(84)51(28-41)95-3)61(91)72-53(66(78)94)50(85)21-25-68-43(34-79)35-80/h14-19,28,36-39,42-43,45-48,50,52-58,63-64,68-69,79-88H,5-13,20-27,29-35H2,1-4H3,(H,70,92)(H,71,89)(H,72,91)(H,73,90)/t36-,37+,38?,39?,45+,46+,47-,48-,50+,52-,53-,54-,55-,56-,57-,58-,63?,64?/m0/s1. The Balaban J connectivity index is 0.893. The van der Waals surface area contributed by atoms with Gasteiger partial charge in [0.1, 0.15) is 53.2 Å². The van der Waals surface area contributed by atoms with Gasteiger partial charge in [0.25, 0.3) is 0 Å². The van der Waals surface area contributed by atoms with Gasteiger partial charge in [-0.15, -0.1) is 0 Å². The van der Waals surface area contributed by atoms with E-state index in [4.69, 9.17) is 19.7 Å². The highest BCUT2D eigenvalue weighted by Gasteiger charge is 2.51. The Morgan fingerprint density at radius 1 is 0.742 bits per heavy atom. The number of phenols is 1. The number of aromatic hydroxyl groups is 1. The van der Waals surface area contributed by atoms with Crippen LogP contribution in [0.1, 0.15) is 133 Å². The number of azo groups is 1. The van der Waals surface area contributed by atoms with E-state index in [-0.39, 0.29) is 71.8 Å². The van der Waals surface area contributed by atoms with Crippen molar-refractivity contribution < 1.29 is 89.3 Å². The average molecular weight is 1380 g/mol. The molecule has 6 amide bonds. The number of carbonyl (C=O) groups is 6. The summed E-state index contributed by atoms with van der Waals surface area (Å²) in [7, 11) is 3.10. The van der Waals surface area contributed by atoms with E-state index in [1.165, 1.54) is 57.9 Å². The van der Waals surface area contributed by atoms with Gasteiger partial charge in [-0.3, -0.25) is 28.8 Å². The number of nitrogens with zero attached hydrogens (tertiary/aromatic N) is 5. The number of aliphatic hydroxyl groups is 9. The molecule has 30 heteroatoms. The number of nitrogens with one attached hydrogen (secondary N) is 6. The number of ether oxygens (including phenoxy) is 2. The molecule has 0 radical (unpaired) electrons. The first-order valence-electron chi connectivity index (χ1n) is 34.5. The summed E-state index contributed by atoms with van der Waals surface area (Å²) in [6.45, 7) is 2.33. The molecule has 4 saturated heterocycles. The van der Waals surface area contributed by atoms with E-state index >= 15 is 0 Å². The number of aliphatic hydroxyl groups excluding tert-OH is 9. The second-order valence-electron chi connectivity index (χ2n) is 27.7. The number of methoxy groups -OCH3 is 2. The second kappa shape index (κ2) is 34.5. The van der Waals surface area contributed by atoms with Crippen molar-refractivity contribution in [2.45, 2.75) is 212 Å². The molecule has 9 rings (SSSR count). The largest absolute Gasteiger partial charge is 0.504 e. The number of piperidine rings is 1. The highest BCUT2D eigenvalue weighted by Crippen LogP contribution is 2.48. The molecule has 5 aliphatic heterocycles. The number of thioether (sulfide) groups is 1. The summed E-state index contributed by atoms with van der Waals surface area (Å²) in [6.07, 6.45) is -1.05. The number of benzene rings is 2. The lowest BCUT2D eigenvalue weighted by molar-refractivity contribution is -0.148. The van der Waals surface area contributed by atoms with E-state index in [0.717, 1.165) is 79.1 Å². The molecule has 7 aliphatic rings. The highest BCUT2D eigenvalue weighted by molar-refractivity contribution is 8.00. The summed E-state index contributed by atoms with van der Waals surface area (Å²) < 4.78 is 11.4. The molecule has 0 bridgehead atoms. The fourth-order valence-electron chi connectivity index (χ4n) is 15.3. The molecule has 2 aliphatic carbocycles. The van der Waals surface area contributed by atoms with Crippen molar-refractivity contribution >= 4 is 52.9 Å². The molecule has 2 aromatic carbocycles. The Labute approximate surface area is 570 Å². The molecule has 97 heavy (non-hydrogen) atoms. The van der Waals surface area contributed by atoms with Crippen LogP contribution in [-0.4, -0.2) is 259 Å². The summed E-state index contributed by atoms with van der Waals surface area (Å²) >= 11 is 1.77. The summed E-state index contributed by atoms with van der Waals surface area (Å²) in [5.41, 5.74) is 2.13. The smallest absolute Gasteiger partial charge is 0.248 e. The monoisotopic (exact) mass is 1380 g/mol. The minimum Gasteiger partial charge on any atom is -0.504 e. The van der Waals surface area contributed by atoms with Crippen LogP contribution in [0.4, 0.5) is 5.69 Å². The Morgan fingerprint density at radius 2 is 1.41 bits per heavy atom. The predicted octanol–water partition coefficient (Wildman–Crippen LogP) is -0.681. The third kappa shape index (κ3) is 18.2. The quantitative estimate of drug-likeness (QED) is 0.0736. The SMILES string of the molecule is COc1cc([C@H](O)[C@@H](O)[C@@H]2NC(=O)[C@@H]3C[C@@H](O)CN3C(=O)[C@H]([C@@H](C)O)NC(=O)[C@@H](NCCC3CCC(C4N=NC(c5ccc(N6CCC(OC)(C7CCCCC7)CC6)cc5)S4)CC3)C[C@@H](O)CNC(=O)[C@@H]3[C@@H](O)[C@@H](C)CN3C(=O)[C@H]([C@H](O)CCNC(CO)CO)NC2=O)ccc1O. The normalized spacial score (nSPS) is 31.9. The van der Waals surface area contributed by atoms with Crippen molar-refractivity contribution in [2.24, 2.45) is 33.9 Å². The van der Waals surface area contributed by atoms with Crippen LogP contribution < -0.4 is 41.5 Å². The maximum absolute atomic E-state index is 15.0. The van der Waals surface area contributed by atoms with Crippen LogP contribution in [0.5, 0.6) is 11.5 Å². The zero-order valence-electron chi connectivity index (χ0n) is 55.9. The Kier molecular flexibility index (Phi) is 26.8. The average Bonchev–Trinajstić information content (AvgIpc) is 1.78. The summed E-state index contributed by atoms with van der Waals surface area (Å²) in [5.74, 6) is -6.79. The molecule has 29 nitrogen and oxygen atoms in total. The minimum absolute atomic E-state index is 0.00169. The summed E-state index contributed by atoms with van der Waals surface area (Å²) in [6, 6.07) is 0.490. The number of amides is 6. The molecule has 16 N–H and O–H groups in total. The van der Waals surface area contributed by atoms with Crippen molar-refractivity contribution in [1.82, 2.24) is 41.7 Å². The van der Waals surface area contributed by atoms with E-state index in [1.54, 1.807) is 18.7 Å². The third-order valence-corrected chi connectivity index (χ3v) is 22.7. The summed E-state index contributed by atoms with van der Waals surface area (Å²) in [4.78, 5) is 92.5. The van der Waals surface area contributed by atoms with Gasteiger partial charge in [0.05, 0.1) is 68.5 Å². The molecule has 2 aromatic rings. The lowest BCUT2D eigenvalue weighted by Gasteiger charge is -2.47. The highest BCUT2D eigenvalue weighted by atomic mass is 32.2. The van der Waals surface area contributed by atoms with Crippen LogP contribution in [0.3, 0.4) is 0 Å². The minimum atomic E-state index is -2.36. The molecule has 0 spiro atoms. The Hall–Kier alpha value is -5.87. The molecular weight excluding hydrogens is 1280 g/mol. The predicted molar refractivity (Wildman–Crippen MR) is 355 cm³/mol. The lowest BCUT2D eigenvalue weighted by Crippen LogP contribution is -2.64. The van der Waals surface area contributed by atoms with Gasteiger partial charge < -0.3 is 107 Å². The third-order valence-electron chi connectivity index (χ3n) is 21.3. The van der Waals surface area contributed by atoms with Crippen LogP contribution in [0.15, 0.2) is 52.7 Å². The topological polar surface area (TPSA) is 430 Å². The van der Waals surface area contributed by atoms with Crippen LogP contribution in [0, 0.1) is 23.7 Å². The van der Waals surface area contributed by atoms with Gasteiger partial charge in [0.2, 0.25) is 35.4 Å². The van der Waals surface area contributed by atoms with Gasteiger partial charge in [0.15, 0.2) is 11.5 Å². The van der Waals surface area contributed by atoms with Gasteiger partial charge in [-0.05, 0) is 131 Å². The molecule has 16 atom stereocenters. The summed E-state index contributed by atoms with van der Waals surface area (Å²) in [5, 5.41) is 136. The zero-order chi connectivity index (χ0) is 69.8. The lowest BCUT2D eigenvalue weighted by atomic mass is 9.72. The van der Waals surface area contributed by atoms with E-state index in [0.29, 0.717) is 18.3 Å². The fourth-order valence-corrected chi connectivity index (χ4v) is 16.6. The first-order valence-corrected chi connectivity index (χ1v) is 35.5. The Morgan fingerprint density at radius 3 is 2.07 bits per heavy atom. The van der Waals surface area contributed by atoms with Gasteiger partial charge in [0, 0.05) is 57.9 Å². The van der Waals surface area contributed by atoms with Crippen LogP contribution in [-0.2, 0) is 33.5 Å². The van der Waals surface area contributed by atoms with Gasteiger partial charge in [-0.1, -0.05) is 69.0 Å². The number of fused-ring (bicyclic) bond motifs is 2. The van der Waals surface area contributed by atoms with E-state index in [9.17, 15) is 79.8 Å². The number of hydrogen-bond donors (Lipinski definition) is 16. The first kappa shape index (κ1) is 75.3. The van der Waals surface area contributed by atoms with E-state index in [1.807, 2.05) is 7.11 Å². The molecular formula is C67H103N11O18S. The number of β-amino-alcohol motifs (C(OH)–C–C–N with tert-alkyl or cyclic N) is 1. The number of rotatable bonds is 21. The van der Waals surface area contributed by atoms with Crippen molar-refractivity contribution in [3.63, 3.8) is 0 Å². The van der Waals surface area contributed by atoms with Crippen molar-refractivity contribution in [3.05, 3.63) is 53.6 Å². The molecule has 2 unspecified atom stereocenters. The zero-order valence-corrected chi connectivity index (χ0v) is 56.8. The maximum atomic E-state index is 15.0. The van der Waals surface area contributed by atoms with Crippen molar-refractivity contribution in [1.29, 1.82) is 0 Å².